The van der Waals surface area contributed by atoms with Crippen LogP contribution in [0.5, 0.6) is 0 Å². The number of rotatable bonds is 4. The van der Waals surface area contributed by atoms with E-state index in [-0.39, 0.29) is 24.8 Å². The maximum Gasteiger partial charge on any atom is -1.00 e. The van der Waals surface area contributed by atoms with E-state index in [9.17, 15) is 0 Å². The zero-order valence-corrected chi connectivity index (χ0v) is 32.2. The van der Waals surface area contributed by atoms with Gasteiger partial charge in [0.1, 0.15) is 0 Å². The molecule has 0 spiro atoms. The molecule has 0 fully saturated rings. The van der Waals surface area contributed by atoms with E-state index in [4.69, 9.17) is 0 Å². The molecule has 0 aliphatic heterocycles. The third-order valence-corrected chi connectivity index (χ3v) is 6.83. The van der Waals surface area contributed by atoms with Crippen molar-refractivity contribution in [3.63, 3.8) is 0 Å². The van der Waals surface area contributed by atoms with Crippen molar-refractivity contribution in [2.75, 3.05) is 0 Å². The number of hydrogen-bond donors (Lipinski definition) is 0. The minimum Gasteiger partial charge on any atom is -1.00 e. The summed E-state index contributed by atoms with van der Waals surface area (Å²) in [5.41, 5.74) is 8.88. The smallest absolute Gasteiger partial charge is 1.00 e. The van der Waals surface area contributed by atoms with Crippen molar-refractivity contribution >= 4 is 39.1 Å². The Kier molecular flexibility index (Phi) is 18.3. The second-order valence-corrected chi connectivity index (χ2v) is 15.5. The minimum atomic E-state index is 0. The van der Waals surface area contributed by atoms with Gasteiger partial charge in [-0.3, -0.25) is 0 Å². The standard InChI is InChI=1S/2C16H15.2C3H6.2ClH.2Zr/c2*1-2-12-7-5-9-14(12)16-11-10-13-6-3-4-8-15(13)16;2*1-3-2;;;;/h2*3-8,10-11H,2,9H2,1H3;2*1-2H3;2*1H;;/q2*-1;;;;;;/p-2. The van der Waals surface area contributed by atoms with Crippen LogP contribution >= 0.6 is 0 Å². The first kappa shape index (κ1) is 38.7. The van der Waals surface area contributed by atoms with Gasteiger partial charge in [0.25, 0.3) is 0 Å². The predicted octanol–water partition coefficient (Wildman–Crippen LogP) is 4.86. The van der Waals surface area contributed by atoms with Crippen LogP contribution < -0.4 is 24.8 Å². The van der Waals surface area contributed by atoms with Gasteiger partial charge in [-0.25, -0.2) is 0 Å². The van der Waals surface area contributed by atoms with Gasteiger partial charge in [-0.15, -0.1) is 69.1 Å². The molecule has 4 aromatic rings. The third-order valence-electron chi connectivity index (χ3n) is 6.83. The molecule has 4 aromatic carbocycles. The Hall–Kier alpha value is -1.29. The van der Waals surface area contributed by atoms with Gasteiger partial charge in [0.05, 0.1) is 0 Å². The minimum absolute atomic E-state index is 0. The van der Waals surface area contributed by atoms with E-state index in [2.05, 4.69) is 139 Å². The Morgan fingerprint density at radius 3 is 1.26 bits per heavy atom. The van der Waals surface area contributed by atoms with Crippen LogP contribution in [0.3, 0.4) is 0 Å². The summed E-state index contributed by atoms with van der Waals surface area (Å²) in [6.45, 7) is 13.0. The molecule has 0 aromatic heterocycles. The van der Waals surface area contributed by atoms with Crippen LogP contribution in [0.2, 0.25) is 0 Å². The average Bonchev–Trinajstić information content (AvgIpc) is 3.73. The molecule has 4 heteroatoms. The summed E-state index contributed by atoms with van der Waals surface area (Å²) in [6.07, 6.45) is 13.5. The summed E-state index contributed by atoms with van der Waals surface area (Å²) in [5.74, 6) is 0. The van der Waals surface area contributed by atoms with E-state index in [1.54, 1.807) is 48.5 Å². The van der Waals surface area contributed by atoms with Gasteiger partial charge in [0.2, 0.25) is 0 Å². The molecule has 0 saturated carbocycles. The number of allylic oxidation sites excluding steroid dienone is 8. The quantitative estimate of drug-likeness (QED) is 0.262. The molecular formula is C38H42Cl2Zr2-4. The normalized spacial score (nSPS) is 12.9. The van der Waals surface area contributed by atoms with E-state index >= 15 is 0 Å². The van der Waals surface area contributed by atoms with Gasteiger partial charge in [0.15, 0.2) is 0 Å². The summed E-state index contributed by atoms with van der Waals surface area (Å²) >= 11 is 3.11. The first-order valence-electron chi connectivity index (χ1n) is 14.4. The van der Waals surface area contributed by atoms with Crippen molar-refractivity contribution in [1.82, 2.24) is 0 Å². The van der Waals surface area contributed by atoms with Crippen molar-refractivity contribution in [2.24, 2.45) is 0 Å². The second-order valence-electron chi connectivity index (χ2n) is 10.6. The second kappa shape index (κ2) is 19.9. The molecule has 0 atom stereocenters. The van der Waals surface area contributed by atoms with Crippen molar-refractivity contribution in [2.45, 2.75) is 67.2 Å². The van der Waals surface area contributed by atoms with Crippen LogP contribution in [0.15, 0.2) is 108 Å². The molecule has 42 heavy (non-hydrogen) atoms. The molecule has 2 aliphatic carbocycles. The van der Waals surface area contributed by atoms with E-state index in [0.29, 0.717) is 0 Å². The molecule has 0 nitrogen and oxygen atoms in total. The largest absolute Gasteiger partial charge is 1.00 e. The van der Waals surface area contributed by atoms with Gasteiger partial charge in [-0.05, 0) is 12.8 Å². The Balaban J connectivity index is 0.000000324. The molecule has 0 saturated heterocycles. The summed E-state index contributed by atoms with van der Waals surface area (Å²) in [4.78, 5) is 0. The Labute approximate surface area is 296 Å². The number of benzene rings is 2. The molecule has 0 radical (unpaired) electrons. The fraction of sp³-hybridized carbons (Fsp3) is 0.263. The van der Waals surface area contributed by atoms with Gasteiger partial charge >= 0.3 is 82.6 Å². The first-order chi connectivity index (χ1) is 19.3. The van der Waals surface area contributed by atoms with Crippen molar-refractivity contribution in [1.29, 1.82) is 0 Å². The summed E-state index contributed by atoms with van der Waals surface area (Å²) in [5, 5.41) is 5.50. The molecule has 0 unspecified atom stereocenters. The summed E-state index contributed by atoms with van der Waals surface area (Å²) in [6, 6.07) is 26.3. The van der Waals surface area contributed by atoms with Gasteiger partial charge < -0.3 is 24.8 Å². The monoisotopic (exact) mass is 748 g/mol. The molecule has 0 bridgehead atoms. The fourth-order valence-corrected chi connectivity index (χ4v) is 5.16. The van der Waals surface area contributed by atoms with Crippen LogP contribution in [0.25, 0.3) is 32.7 Å². The van der Waals surface area contributed by atoms with E-state index in [1.807, 2.05) is 0 Å². The molecule has 0 amide bonds. The Bertz CT molecular complexity index is 1460. The zero-order chi connectivity index (χ0) is 29.1. The van der Waals surface area contributed by atoms with Crippen molar-refractivity contribution < 1.29 is 73.3 Å². The van der Waals surface area contributed by atoms with Crippen molar-refractivity contribution in [3.8, 4) is 0 Å². The zero-order valence-electron chi connectivity index (χ0n) is 25.8. The molecular weight excluding hydrogens is 710 g/mol. The van der Waals surface area contributed by atoms with Crippen LogP contribution in [0.1, 0.15) is 78.4 Å². The van der Waals surface area contributed by atoms with Crippen molar-refractivity contribution in [3.05, 3.63) is 119 Å². The molecule has 6 rings (SSSR count). The number of halogens is 2. The SMILES string of the molecule is CCC1=C([c-]2ccc3ccccc32)CC=C1.CCC1=C([c-]2ccc3ccccc32)CC=C1.C[C](C)=[Zr].C[C](C)=[Zr].[Cl-].[Cl-]. The van der Waals surface area contributed by atoms with Crippen LogP contribution in [0.4, 0.5) is 0 Å². The van der Waals surface area contributed by atoms with Gasteiger partial charge in [0, 0.05) is 0 Å². The predicted molar refractivity (Wildman–Crippen MR) is 174 cm³/mol. The maximum absolute atomic E-state index is 2.27. The Morgan fingerprint density at radius 1 is 0.595 bits per heavy atom. The first-order valence-corrected chi connectivity index (χ1v) is 16.8. The maximum atomic E-state index is 2.27. The number of fused-ring (bicyclic) bond motifs is 2. The Morgan fingerprint density at radius 2 is 0.929 bits per heavy atom. The third kappa shape index (κ3) is 11.0. The summed E-state index contributed by atoms with van der Waals surface area (Å²) in [7, 11) is 0. The van der Waals surface area contributed by atoms with Gasteiger partial charge in [-0.1, -0.05) is 110 Å². The van der Waals surface area contributed by atoms with E-state index in [1.165, 1.54) is 61.4 Å². The molecule has 0 heterocycles. The van der Waals surface area contributed by atoms with E-state index < -0.39 is 0 Å². The molecule has 0 N–H and O–H groups in total. The molecule has 2 aliphatic rings. The van der Waals surface area contributed by atoms with E-state index in [0.717, 1.165) is 25.7 Å². The van der Waals surface area contributed by atoms with Crippen LogP contribution in [-0.2, 0) is 48.5 Å². The summed E-state index contributed by atoms with van der Waals surface area (Å²) < 4.78 is 3.01. The van der Waals surface area contributed by atoms with Gasteiger partial charge in [-0.2, -0.15) is 0 Å². The van der Waals surface area contributed by atoms with Crippen LogP contribution in [-0.4, -0.2) is 6.41 Å². The number of hydrogen-bond acceptors (Lipinski definition) is 0. The topological polar surface area (TPSA) is 0 Å². The molecule has 220 valence electrons. The fourth-order valence-electron chi connectivity index (χ4n) is 5.16. The van der Waals surface area contributed by atoms with Crippen LogP contribution in [0, 0.1) is 0 Å². The average molecular weight is 752 g/mol.